The number of unbranched alkanes of at least 4 members (excludes halogenated alkanes) is 3. The van der Waals surface area contributed by atoms with E-state index in [4.69, 9.17) is 0 Å². The summed E-state index contributed by atoms with van der Waals surface area (Å²) in [4.78, 5) is 3.75. The minimum atomic E-state index is -0.424. The SMILES string of the molecule is CC(C)CCCCCCNc1cccc(F)n1. The number of nitrogens with one attached hydrogen (secondary N) is 1. The predicted molar refractivity (Wildman–Crippen MR) is 70.6 cm³/mol. The lowest BCUT2D eigenvalue weighted by molar-refractivity contribution is 0.522. The lowest BCUT2D eigenvalue weighted by atomic mass is 10.0. The summed E-state index contributed by atoms with van der Waals surface area (Å²) in [5, 5.41) is 3.13. The van der Waals surface area contributed by atoms with Crippen LogP contribution in [0.15, 0.2) is 18.2 Å². The monoisotopic (exact) mass is 238 g/mol. The molecule has 2 nitrogen and oxygen atoms in total. The maximum atomic E-state index is 12.8. The zero-order valence-corrected chi connectivity index (χ0v) is 10.9. The van der Waals surface area contributed by atoms with Crippen molar-refractivity contribution < 1.29 is 4.39 Å². The first-order valence-corrected chi connectivity index (χ1v) is 6.55. The van der Waals surface area contributed by atoms with Gasteiger partial charge in [-0.1, -0.05) is 45.6 Å². The Bertz CT molecular complexity index is 313. The lowest BCUT2D eigenvalue weighted by Crippen LogP contribution is -2.03. The van der Waals surface area contributed by atoms with Crippen molar-refractivity contribution in [2.24, 2.45) is 5.92 Å². The second-order valence-corrected chi connectivity index (χ2v) is 4.87. The van der Waals surface area contributed by atoms with Gasteiger partial charge in [-0.25, -0.2) is 4.98 Å². The third-order valence-corrected chi connectivity index (χ3v) is 2.73. The number of hydrogen-bond acceptors (Lipinski definition) is 2. The van der Waals surface area contributed by atoms with Crippen LogP contribution in [0.25, 0.3) is 0 Å². The van der Waals surface area contributed by atoms with Crippen LogP contribution < -0.4 is 5.32 Å². The first-order valence-electron chi connectivity index (χ1n) is 6.55. The molecule has 0 saturated carbocycles. The molecule has 0 bridgehead atoms. The van der Waals surface area contributed by atoms with Crippen LogP contribution in [0.4, 0.5) is 10.2 Å². The van der Waals surface area contributed by atoms with E-state index in [1.165, 1.54) is 31.7 Å². The number of anilines is 1. The average molecular weight is 238 g/mol. The van der Waals surface area contributed by atoms with Gasteiger partial charge >= 0.3 is 0 Å². The highest BCUT2D eigenvalue weighted by Crippen LogP contribution is 2.10. The van der Waals surface area contributed by atoms with Crippen LogP contribution in [0.2, 0.25) is 0 Å². The van der Waals surface area contributed by atoms with E-state index in [9.17, 15) is 4.39 Å². The second-order valence-electron chi connectivity index (χ2n) is 4.87. The molecule has 0 aromatic carbocycles. The Kier molecular flexibility index (Phi) is 6.60. The molecule has 1 N–H and O–H groups in total. The molecule has 1 aromatic heterocycles. The molecule has 0 amide bonds. The Hall–Kier alpha value is -1.12. The third-order valence-electron chi connectivity index (χ3n) is 2.73. The van der Waals surface area contributed by atoms with Crippen LogP contribution in [-0.2, 0) is 0 Å². The summed E-state index contributed by atoms with van der Waals surface area (Å²) in [6, 6.07) is 4.83. The molecule has 0 radical (unpaired) electrons. The summed E-state index contributed by atoms with van der Waals surface area (Å²) in [5.74, 6) is 1.02. The molecule has 1 rings (SSSR count). The maximum Gasteiger partial charge on any atom is 0.214 e. The van der Waals surface area contributed by atoms with Crippen molar-refractivity contribution in [2.75, 3.05) is 11.9 Å². The maximum absolute atomic E-state index is 12.8. The molecule has 96 valence electrons. The fraction of sp³-hybridized carbons (Fsp3) is 0.643. The highest BCUT2D eigenvalue weighted by atomic mass is 19.1. The Morgan fingerprint density at radius 1 is 1.18 bits per heavy atom. The van der Waals surface area contributed by atoms with Crippen molar-refractivity contribution in [1.82, 2.24) is 4.98 Å². The molecule has 0 aliphatic carbocycles. The minimum Gasteiger partial charge on any atom is -0.370 e. The first-order chi connectivity index (χ1) is 8.18. The Balaban J connectivity index is 2.01. The van der Waals surface area contributed by atoms with Crippen LogP contribution >= 0.6 is 0 Å². The van der Waals surface area contributed by atoms with E-state index in [-0.39, 0.29) is 0 Å². The van der Waals surface area contributed by atoms with Gasteiger partial charge in [-0.05, 0) is 24.5 Å². The van der Waals surface area contributed by atoms with Gasteiger partial charge in [-0.3, -0.25) is 0 Å². The van der Waals surface area contributed by atoms with Crippen molar-refractivity contribution in [3.05, 3.63) is 24.1 Å². The van der Waals surface area contributed by atoms with Gasteiger partial charge < -0.3 is 5.32 Å². The Morgan fingerprint density at radius 2 is 1.94 bits per heavy atom. The topological polar surface area (TPSA) is 24.9 Å². The van der Waals surface area contributed by atoms with Gasteiger partial charge in [0.15, 0.2) is 0 Å². The van der Waals surface area contributed by atoms with E-state index in [2.05, 4.69) is 24.1 Å². The normalized spacial score (nSPS) is 10.8. The molecule has 0 fully saturated rings. The Labute approximate surface area is 104 Å². The van der Waals surface area contributed by atoms with Crippen LogP contribution in [0.1, 0.15) is 46.0 Å². The van der Waals surface area contributed by atoms with Crippen molar-refractivity contribution in [2.45, 2.75) is 46.0 Å². The number of nitrogens with zero attached hydrogens (tertiary/aromatic N) is 1. The molecule has 0 unspecified atom stereocenters. The molecule has 1 heterocycles. The predicted octanol–water partition coefficient (Wildman–Crippen LogP) is 4.24. The lowest BCUT2D eigenvalue weighted by Gasteiger charge is -2.06. The van der Waals surface area contributed by atoms with Gasteiger partial charge in [-0.2, -0.15) is 4.39 Å². The number of aromatic nitrogens is 1. The fourth-order valence-corrected chi connectivity index (χ4v) is 1.75. The van der Waals surface area contributed by atoms with E-state index in [0.29, 0.717) is 5.82 Å². The number of pyridine rings is 1. The molecule has 17 heavy (non-hydrogen) atoms. The van der Waals surface area contributed by atoms with Crippen molar-refractivity contribution in [3.63, 3.8) is 0 Å². The molecule has 0 aliphatic heterocycles. The van der Waals surface area contributed by atoms with E-state index in [1.807, 2.05) is 0 Å². The number of halogens is 1. The largest absolute Gasteiger partial charge is 0.370 e. The average Bonchev–Trinajstić information content (AvgIpc) is 2.27. The molecule has 0 spiro atoms. The van der Waals surface area contributed by atoms with Crippen LogP contribution in [0.3, 0.4) is 0 Å². The Morgan fingerprint density at radius 3 is 2.65 bits per heavy atom. The number of hydrogen-bond donors (Lipinski definition) is 1. The summed E-state index contributed by atoms with van der Waals surface area (Å²) in [6.07, 6.45) is 6.27. The summed E-state index contributed by atoms with van der Waals surface area (Å²) in [6.45, 7) is 5.40. The van der Waals surface area contributed by atoms with Gasteiger partial charge in [-0.15, -0.1) is 0 Å². The number of rotatable bonds is 8. The van der Waals surface area contributed by atoms with Gasteiger partial charge in [0.1, 0.15) is 5.82 Å². The van der Waals surface area contributed by atoms with Crippen LogP contribution in [0.5, 0.6) is 0 Å². The molecule has 0 aliphatic rings. The van der Waals surface area contributed by atoms with E-state index < -0.39 is 5.95 Å². The second kappa shape index (κ2) is 8.04. The molecular weight excluding hydrogens is 215 g/mol. The molecule has 3 heteroatoms. The third kappa shape index (κ3) is 6.93. The summed E-state index contributed by atoms with van der Waals surface area (Å²) in [7, 11) is 0. The first kappa shape index (κ1) is 13.9. The van der Waals surface area contributed by atoms with Crippen molar-refractivity contribution >= 4 is 5.82 Å². The standard InChI is InChI=1S/C14H23FN2/c1-12(2)8-5-3-4-6-11-16-14-10-7-9-13(15)17-14/h7,9-10,12H,3-6,8,11H2,1-2H3,(H,16,17). The molecule has 0 atom stereocenters. The van der Waals surface area contributed by atoms with Crippen molar-refractivity contribution in [3.8, 4) is 0 Å². The molecule has 0 saturated heterocycles. The minimum absolute atomic E-state index is 0.424. The highest BCUT2D eigenvalue weighted by molar-refractivity contribution is 5.33. The quantitative estimate of drug-likeness (QED) is 0.541. The zero-order valence-electron chi connectivity index (χ0n) is 10.9. The van der Waals surface area contributed by atoms with E-state index >= 15 is 0 Å². The molecular formula is C14H23FN2. The smallest absolute Gasteiger partial charge is 0.214 e. The van der Waals surface area contributed by atoms with E-state index in [0.717, 1.165) is 18.9 Å². The van der Waals surface area contributed by atoms with Gasteiger partial charge in [0.2, 0.25) is 5.95 Å². The fourth-order valence-electron chi connectivity index (χ4n) is 1.75. The van der Waals surface area contributed by atoms with Crippen LogP contribution in [-0.4, -0.2) is 11.5 Å². The summed E-state index contributed by atoms with van der Waals surface area (Å²) < 4.78 is 12.8. The summed E-state index contributed by atoms with van der Waals surface area (Å²) >= 11 is 0. The molecule has 1 aromatic rings. The van der Waals surface area contributed by atoms with Gasteiger partial charge in [0.25, 0.3) is 0 Å². The zero-order chi connectivity index (χ0) is 12.5. The summed E-state index contributed by atoms with van der Waals surface area (Å²) in [5.41, 5.74) is 0. The van der Waals surface area contributed by atoms with Gasteiger partial charge in [0.05, 0.1) is 0 Å². The van der Waals surface area contributed by atoms with Crippen LogP contribution in [0, 0.1) is 11.9 Å². The van der Waals surface area contributed by atoms with Crippen molar-refractivity contribution in [1.29, 1.82) is 0 Å². The highest BCUT2D eigenvalue weighted by Gasteiger charge is 1.96. The van der Waals surface area contributed by atoms with E-state index in [1.54, 1.807) is 12.1 Å². The van der Waals surface area contributed by atoms with Gasteiger partial charge in [0, 0.05) is 6.54 Å².